The predicted octanol–water partition coefficient (Wildman–Crippen LogP) is 4.12. The van der Waals surface area contributed by atoms with E-state index in [9.17, 15) is 9.90 Å². The number of carbonyl (C=O) groups excluding carboxylic acids is 1. The van der Waals surface area contributed by atoms with Crippen molar-refractivity contribution in [3.8, 4) is 5.75 Å². The van der Waals surface area contributed by atoms with E-state index in [1.165, 1.54) is 12.1 Å². The van der Waals surface area contributed by atoms with Crippen molar-refractivity contribution in [1.29, 1.82) is 0 Å². The van der Waals surface area contributed by atoms with Crippen LogP contribution < -0.4 is 0 Å². The topological polar surface area (TPSA) is 37.3 Å². The molecule has 0 aromatic heterocycles. The molecule has 2 aliphatic rings. The Labute approximate surface area is 141 Å². The van der Waals surface area contributed by atoms with Gasteiger partial charge in [-0.3, -0.25) is 16.9 Å². The van der Waals surface area contributed by atoms with Crippen LogP contribution in [0.1, 0.15) is 23.2 Å². The van der Waals surface area contributed by atoms with Gasteiger partial charge < -0.3 is 5.11 Å². The van der Waals surface area contributed by atoms with Crippen molar-refractivity contribution in [1.82, 2.24) is 0 Å². The van der Waals surface area contributed by atoms with Gasteiger partial charge in [0.2, 0.25) is 0 Å². The third-order valence-corrected chi connectivity index (χ3v) is 2.91. The zero-order chi connectivity index (χ0) is 14.9. The molecule has 0 heterocycles. The van der Waals surface area contributed by atoms with Gasteiger partial charge in [0.15, 0.2) is 5.78 Å². The fraction of sp³-hybridized carbons (Fsp3) is 0.105. The summed E-state index contributed by atoms with van der Waals surface area (Å²) >= 11 is 0. The van der Waals surface area contributed by atoms with Crippen molar-refractivity contribution in [2.75, 3.05) is 0 Å². The molecular weight excluding hydrogens is 316 g/mol. The minimum atomic E-state index is -0.195. The summed E-state index contributed by atoms with van der Waals surface area (Å²) in [4.78, 5) is 11.7. The molecule has 0 bridgehead atoms. The monoisotopic (exact) mass is 332 g/mol. The molecule has 0 amide bonds. The number of hydrogen-bond acceptors (Lipinski definition) is 2. The van der Waals surface area contributed by atoms with Gasteiger partial charge in [-0.2, -0.15) is 17.7 Å². The second-order valence-corrected chi connectivity index (χ2v) is 4.47. The Bertz CT molecular complexity index is 639. The summed E-state index contributed by atoms with van der Waals surface area (Å²) in [6.07, 6.45) is 20.8. The van der Waals surface area contributed by atoms with E-state index in [0.717, 1.165) is 18.4 Å². The van der Waals surface area contributed by atoms with Gasteiger partial charge in [0.25, 0.3) is 0 Å². The Morgan fingerprint density at radius 2 is 2.00 bits per heavy atom. The molecule has 2 aliphatic carbocycles. The van der Waals surface area contributed by atoms with E-state index in [1.807, 2.05) is 24.3 Å². The minimum absolute atomic E-state index is 0. The summed E-state index contributed by atoms with van der Waals surface area (Å²) in [6, 6.07) is 6.52. The molecule has 0 aliphatic heterocycles. The first-order valence-corrected chi connectivity index (χ1v) is 6.76. The Kier molecular flexibility index (Phi) is 7.98. The number of hydrogen-bond donors (Lipinski definition) is 1. The number of aromatic hydroxyl groups is 1. The largest absolute Gasteiger partial charge is 2.00 e. The van der Waals surface area contributed by atoms with E-state index >= 15 is 0 Å². The smallest absolute Gasteiger partial charge is 0.507 e. The number of rotatable bonds is 3. The molecule has 3 rings (SSSR count). The number of para-hydroxylation sites is 1. The minimum Gasteiger partial charge on any atom is -0.507 e. The van der Waals surface area contributed by atoms with Gasteiger partial charge in [0.1, 0.15) is 5.75 Å². The van der Waals surface area contributed by atoms with Gasteiger partial charge >= 0.3 is 17.1 Å². The van der Waals surface area contributed by atoms with Crippen LogP contribution in [0.3, 0.4) is 0 Å². The molecule has 0 radical (unpaired) electrons. The third-order valence-electron chi connectivity index (χ3n) is 2.91. The van der Waals surface area contributed by atoms with Crippen LogP contribution in [0, 0.1) is 12.2 Å². The van der Waals surface area contributed by atoms with Crippen LogP contribution in [-0.4, -0.2) is 10.9 Å². The van der Waals surface area contributed by atoms with Crippen molar-refractivity contribution in [3.63, 3.8) is 0 Å². The summed E-state index contributed by atoms with van der Waals surface area (Å²) < 4.78 is 0. The van der Waals surface area contributed by atoms with E-state index in [4.69, 9.17) is 0 Å². The number of allylic oxidation sites excluding steroid dienone is 10. The molecule has 2 nitrogen and oxygen atoms in total. The van der Waals surface area contributed by atoms with Crippen LogP contribution >= 0.6 is 0 Å². The summed E-state index contributed by atoms with van der Waals surface area (Å²) in [5, 5.41) is 9.48. The van der Waals surface area contributed by atoms with E-state index in [0.29, 0.717) is 5.56 Å². The predicted molar refractivity (Wildman–Crippen MR) is 83.7 cm³/mol. The summed E-state index contributed by atoms with van der Waals surface area (Å²) in [7, 11) is 0. The number of carbonyl (C=O) groups is 1. The van der Waals surface area contributed by atoms with Gasteiger partial charge in [0, 0.05) is 0 Å². The molecular formula is C19H16FeO2. The first kappa shape index (κ1) is 18.0. The van der Waals surface area contributed by atoms with Gasteiger partial charge in [-0.1, -0.05) is 12.1 Å². The SMILES string of the molecule is O=C(/C=C/C1=CC[C-]=C1)c1ccccc1O.[C-]1=CC=CC1.[Fe+2]. The third kappa shape index (κ3) is 5.72. The first-order valence-electron chi connectivity index (χ1n) is 6.76. The van der Waals surface area contributed by atoms with E-state index < -0.39 is 0 Å². The Morgan fingerprint density at radius 3 is 2.55 bits per heavy atom. The second kappa shape index (κ2) is 9.77. The molecule has 112 valence electrons. The van der Waals surface area contributed by atoms with E-state index in [2.05, 4.69) is 18.2 Å². The van der Waals surface area contributed by atoms with Crippen LogP contribution in [0.15, 0.2) is 72.4 Å². The first-order chi connectivity index (χ1) is 10.3. The van der Waals surface area contributed by atoms with Crippen molar-refractivity contribution in [3.05, 3.63) is 90.1 Å². The fourth-order valence-corrected chi connectivity index (χ4v) is 1.81. The van der Waals surface area contributed by atoms with Crippen molar-refractivity contribution < 1.29 is 27.0 Å². The molecule has 22 heavy (non-hydrogen) atoms. The zero-order valence-corrected chi connectivity index (χ0v) is 13.1. The van der Waals surface area contributed by atoms with Gasteiger partial charge in [-0.25, -0.2) is 18.2 Å². The molecule has 3 heteroatoms. The Hall–Kier alpha value is -2.09. The maximum absolute atomic E-state index is 11.7. The van der Waals surface area contributed by atoms with Crippen LogP contribution in [-0.2, 0) is 17.1 Å². The van der Waals surface area contributed by atoms with Crippen LogP contribution in [0.4, 0.5) is 0 Å². The quantitative estimate of drug-likeness (QED) is 0.391. The standard InChI is InChI=1S/C14H11O2.C5H5.Fe/c15-13-8-4-3-7-12(13)14(16)10-9-11-5-1-2-6-11;1-2-4-5-3-1;/h3-10,15H,1H2;1-3H,4H2;/q2*-1;+2/b10-9+;;. The number of phenols is 1. The summed E-state index contributed by atoms with van der Waals surface area (Å²) in [6.45, 7) is 0. The van der Waals surface area contributed by atoms with Crippen molar-refractivity contribution in [2.45, 2.75) is 12.8 Å². The molecule has 0 saturated carbocycles. The maximum atomic E-state index is 11.7. The summed E-state index contributed by atoms with van der Waals surface area (Å²) in [5.41, 5.74) is 1.30. The van der Waals surface area contributed by atoms with Gasteiger partial charge in [-0.05, 0) is 18.2 Å². The van der Waals surface area contributed by atoms with Crippen LogP contribution in [0.2, 0.25) is 0 Å². The molecule has 0 atom stereocenters. The fourth-order valence-electron chi connectivity index (χ4n) is 1.81. The van der Waals surface area contributed by atoms with Crippen molar-refractivity contribution in [2.24, 2.45) is 0 Å². The second-order valence-electron chi connectivity index (χ2n) is 4.47. The van der Waals surface area contributed by atoms with Crippen molar-refractivity contribution >= 4 is 5.78 Å². The normalized spacial score (nSPS) is 14.5. The molecule has 1 N–H and O–H groups in total. The molecule has 1 aromatic carbocycles. The molecule has 0 unspecified atom stereocenters. The van der Waals surface area contributed by atoms with E-state index in [-0.39, 0.29) is 28.6 Å². The Balaban J connectivity index is 0.000000344. The number of phenolic OH excluding ortho intramolecular Hbond substituents is 1. The average Bonchev–Trinajstić information content (AvgIpc) is 3.21. The maximum Gasteiger partial charge on any atom is 2.00 e. The van der Waals surface area contributed by atoms with Crippen LogP contribution in [0.25, 0.3) is 0 Å². The van der Waals surface area contributed by atoms with E-state index in [1.54, 1.807) is 24.3 Å². The average molecular weight is 332 g/mol. The molecule has 0 fully saturated rings. The molecule has 0 spiro atoms. The molecule has 0 saturated heterocycles. The van der Waals surface area contributed by atoms with Gasteiger partial charge in [0.05, 0.1) is 5.56 Å². The van der Waals surface area contributed by atoms with Gasteiger partial charge in [-0.15, -0.1) is 18.9 Å². The number of ketones is 1. The zero-order valence-electron chi connectivity index (χ0n) is 12.0. The van der Waals surface area contributed by atoms with Crippen LogP contribution in [0.5, 0.6) is 5.75 Å². The number of benzene rings is 1. The molecule has 1 aromatic rings. The summed E-state index contributed by atoms with van der Waals surface area (Å²) in [5.74, 6) is -0.182. The Morgan fingerprint density at radius 1 is 1.18 bits per heavy atom.